The van der Waals surface area contributed by atoms with Gasteiger partial charge in [-0.15, -0.1) is 0 Å². The van der Waals surface area contributed by atoms with Crippen LogP contribution < -0.4 is 5.73 Å². The number of hydrogen-bond acceptors (Lipinski definition) is 6. The van der Waals surface area contributed by atoms with Gasteiger partial charge in [-0.1, -0.05) is 0 Å². The summed E-state index contributed by atoms with van der Waals surface area (Å²) in [6, 6.07) is 0. The number of aliphatic imine (C=N–C) groups is 2. The van der Waals surface area contributed by atoms with E-state index in [9.17, 15) is 5.11 Å². The van der Waals surface area contributed by atoms with Crippen molar-refractivity contribution in [2.24, 2.45) is 15.7 Å². The zero-order chi connectivity index (χ0) is 16.8. The number of ether oxygens (including phenoxy) is 2. The number of nitrogens with zero attached hydrogens (tertiary/aromatic N) is 2. The third kappa shape index (κ3) is 3.68. The maximum Gasteiger partial charge on any atom is 0.216 e. The molecule has 6 heteroatoms. The summed E-state index contributed by atoms with van der Waals surface area (Å²) >= 11 is 0. The van der Waals surface area contributed by atoms with Gasteiger partial charge in [0.15, 0.2) is 5.88 Å². The molecule has 2 aliphatic heterocycles. The lowest BCUT2D eigenvalue weighted by molar-refractivity contribution is 0.0878. The molecule has 2 heterocycles. The molecular formula is C16H25N3O3. The average Bonchev–Trinajstić information content (AvgIpc) is 2.71. The van der Waals surface area contributed by atoms with Gasteiger partial charge in [0.05, 0.1) is 23.6 Å². The van der Waals surface area contributed by atoms with Crippen LogP contribution in [0.3, 0.4) is 0 Å². The minimum Gasteiger partial charge on any atom is -0.467 e. The van der Waals surface area contributed by atoms with E-state index in [1.165, 1.54) is 0 Å². The SMILES string of the molecule is CC(C)(O)CN=C1C=C(/N=C2\C=C(N)OC2(C)C)OC1(C)C. The maximum atomic E-state index is 9.81. The molecule has 122 valence electrons. The van der Waals surface area contributed by atoms with Crippen molar-refractivity contribution in [3.8, 4) is 0 Å². The van der Waals surface area contributed by atoms with Crippen LogP contribution in [0.2, 0.25) is 0 Å². The van der Waals surface area contributed by atoms with Gasteiger partial charge in [-0.2, -0.15) is 0 Å². The van der Waals surface area contributed by atoms with Gasteiger partial charge in [0.2, 0.25) is 5.88 Å². The fourth-order valence-corrected chi connectivity index (χ4v) is 2.17. The molecule has 0 spiro atoms. The van der Waals surface area contributed by atoms with Gasteiger partial charge >= 0.3 is 0 Å². The monoisotopic (exact) mass is 307 g/mol. The minimum atomic E-state index is -0.857. The second-order valence-corrected chi connectivity index (χ2v) is 7.26. The molecule has 0 unspecified atom stereocenters. The molecule has 0 fully saturated rings. The smallest absolute Gasteiger partial charge is 0.216 e. The summed E-state index contributed by atoms with van der Waals surface area (Å²) in [5, 5.41) is 9.81. The zero-order valence-corrected chi connectivity index (χ0v) is 14.1. The fraction of sp³-hybridized carbons (Fsp3) is 0.625. The van der Waals surface area contributed by atoms with E-state index >= 15 is 0 Å². The van der Waals surface area contributed by atoms with Crippen molar-refractivity contribution in [3.63, 3.8) is 0 Å². The van der Waals surface area contributed by atoms with Crippen LogP contribution in [-0.2, 0) is 9.47 Å². The van der Waals surface area contributed by atoms with Crippen LogP contribution in [0.5, 0.6) is 0 Å². The van der Waals surface area contributed by atoms with Gasteiger partial charge in [-0.05, 0) is 41.5 Å². The van der Waals surface area contributed by atoms with Crippen molar-refractivity contribution in [2.75, 3.05) is 6.54 Å². The van der Waals surface area contributed by atoms with E-state index in [0.717, 1.165) is 5.71 Å². The van der Waals surface area contributed by atoms with E-state index in [-0.39, 0.29) is 0 Å². The predicted octanol–water partition coefficient (Wildman–Crippen LogP) is 1.90. The van der Waals surface area contributed by atoms with Gasteiger partial charge in [-0.3, -0.25) is 4.99 Å². The van der Waals surface area contributed by atoms with Crippen LogP contribution in [0.4, 0.5) is 0 Å². The van der Waals surface area contributed by atoms with Crippen LogP contribution >= 0.6 is 0 Å². The largest absolute Gasteiger partial charge is 0.467 e. The summed E-state index contributed by atoms with van der Waals surface area (Å²) in [5.74, 6) is 0.814. The van der Waals surface area contributed by atoms with E-state index in [1.807, 2.05) is 27.7 Å². The third-order valence-corrected chi connectivity index (χ3v) is 3.37. The molecule has 0 aromatic heterocycles. The molecule has 6 nitrogen and oxygen atoms in total. The summed E-state index contributed by atoms with van der Waals surface area (Å²) < 4.78 is 11.4. The molecule has 2 aliphatic rings. The first kappa shape index (κ1) is 16.5. The number of hydrogen-bond donors (Lipinski definition) is 2. The van der Waals surface area contributed by atoms with E-state index in [1.54, 1.807) is 26.0 Å². The molecule has 0 aromatic rings. The lowest BCUT2D eigenvalue weighted by atomic mass is 10.0. The Bertz CT molecular complexity index is 590. The van der Waals surface area contributed by atoms with Crippen molar-refractivity contribution < 1.29 is 14.6 Å². The molecule has 22 heavy (non-hydrogen) atoms. The van der Waals surface area contributed by atoms with Crippen molar-refractivity contribution in [1.29, 1.82) is 0 Å². The van der Waals surface area contributed by atoms with Gasteiger partial charge in [0, 0.05) is 12.2 Å². The quantitative estimate of drug-likeness (QED) is 0.833. The summed E-state index contributed by atoms with van der Waals surface area (Å²) in [6.45, 7) is 11.4. The van der Waals surface area contributed by atoms with Crippen LogP contribution in [0, 0.1) is 0 Å². The summed E-state index contributed by atoms with van der Waals surface area (Å²) in [4.78, 5) is 8.95. The van der Waals surface area contributed by atoms with Crippen molar-refractivity contribution in [3.05, 3.63) is 23.9 Å². The highest BCUT2D eigenvalue weighted by Gasteiger charge is 2.36. The standard InChI is InChI=1S/C16H25N3O3/c1-14(2,20)9-18-10-8-13(22-15(10,3)4)19-11-7-12(17)21-16(11,5)6/h7-8,20H,9,17H2,1-6H3/b18-10?,19-11+. The van der Waals surface area contributed by atoms with Crippen LogP contribution in [0.15, 0.2) is 33.9 Å². The van der Waals surface area contributed by atoms with Crippen LogP contribution in [-0.4, -0.2) is 39.9 Å². The van der Waals surface area contributed by atoms with Gasteiger partial charge in [0.25, 0.3) is 0 Å². The van der Waals surface area contributed by atoms with Crippen molar-refractivity contribution in [2.45, 2.75) is 58.3 Å². The van der Waals surface area contributed by atoms with Crippen molar-refractivity contribution >= 4 is 11.4 Å². The number of rotatable bonds is 3. The average molecular weight is 307 g/mol. The highest BCUT2D eigenvalue weighted by atomic mass is 16.5. The molecule has 0 saturated carbocycles. The first-order chi connectivity index (χ1) is 9.89. The minimum absolute atomic E-state index is 0.303. The van der Waals surface area contributed by atoms with Crippen LogP contribution in [0.1, 0.15) is 41.5 Å². The Labute approximate surface area is 131 Å². The Morgan fingerprint density at radius 2 is 1.68 bits per heavy atom. The molecule has 0 saturated heterocycles. The Morgan fingerprint density at radius 1 is 1.09 bits per heavy atom. The second kappa shape index (κ2) is 5.12. The molecular weight excluding hydrogens is 282 g/mol. The van der Waals surface area contributed by atoms with Gasteiger partial charge in [-0.25, -0.2) is 4.99 Å². The summed E-state index contributed by atoms with van der Waals surface area (Å²) in [5.41, 5.74) is 5.14. The van der Waals surface area contributed by atoms with E-state index < -0.39 is 16.8 Å². The maximum absolute atomic E-state index is 9.81. The van der Waals surface area contributed by atoms with Crippen molar-refractivity contribution in [1.82, 2.24) is 0 Å². The van der Waals surface area contributed by atoms with Gasteiger partial charge < -0.3 is 20.3 Å². The zero-order valence-electron chi connectivity index (χ0n) is 14.1. The van der Waals surface area contributed by atoms with E-state index in [2.05, 4.69) is 9.98 Å². The summed E-state index contributed by atoms with van der Waals surface area (Å²) in [7, 11) is 0. The molecule has 0 atom stereocenters. The first-order valence-electron chi connectivity index (χ1n) is 7.32. The molecule has 0 amide bonds. The predicted molar refractivity (Wildman–Crippen MR) is 86.7 cm³/mol. The molecule has 0 aromatic carbocycles. The molecule has 3 N–H and O–H groups in total. The fourth-order valence-electron chi connectivity index (χ4n) is 2.17. The Hall–Kier alpha value is -1.82. The third-order valence-electron chi connectivity index (χ3n) is 3.37. The van der Waals surface area contributed by atoms with Crippen LogP contribution in [0.25, 0.3) is 0 Å². The Kier molecular flexibility index (Phi) is 3.85. The topological polar surface area (TPSA) is 89.4 Å². The molecule has 0 bridgehead atoms. The molecule has 2 rings (SSSR count). The Balaban J connectivity index is 2.27. The second-order valence-electron chi connectivity index (χ2n) is 7.26. The number of aliphatic hydroxyl groups is 1. The molecule has 0 radical (unpaired) electrons. The van der Waals surface area contributed by atoms with E-state index in [4.69, 9.17) is 15.2 Å². The van der Waals surface area contributed by atoms with E-state index in [0.29, 0.717) is 24.0 Å². The lowest BCUT2D eigenvalue weighted by Gasteiger charge is -2.22. The summed E-state index contributed by atoms with van der Waals surface area (Å²) in [6.07, 6.45) is 3.49. The number of nitrogens with two attached hydrogens (primary N) is 1. The molecule has 0 aliphatic carbocycles. The van der Waals surface area contributed by atoms with Gasteiger partial charge in [0.1, 0.15) is 11.2 Å². The lowest BCUT2D eigenvalue weighted by Crippen LogP contribution is -2.31. The highest BCUT2D eigenvalue weighted by molar-refractivity contribution is 6.06. The Morgan fingerprint density at radius 3 is 2.18 bits per heavy atom. The first-order valence-corrected chi connectivity index (χ1v) is 7.32. The highest BCUT2D eigenvalue weighted by Crippen LogP contribution is 2.30. The normalized spacial score (nSPS) is 26.7.